The number of aromatic hydroxyl groups is 3. The van der Waals surface area contributed by atoms with Crippen molar-refractivity contribution in [3.8, 4) is 23.0 Å². The van der Waals surface area contributed by atoms with Crippen LogP contribution in [0, 0.1) is 10.1 Å². The summed E-state index contributed by atoms with van der Waals surface area (Å²) >= 11 is 0. The zero-order chi connectivity index (χ0) is 25.1. The topological polar surface area (TPSA) is 148 Å². The molecule has 0 bridgehead atoms. The highest BCUT2D eigenvalue weighted by Gasteiger charge is 2.24. The van der Waals surface area contributed by atoms with E-state index in [2.05, 4.69) is 12.2 Å². The molecule has 0 aromatic heterocycles. The second-order valence-electron chi connectivity index (χ2n) is 8.21. The minimum atomic E-state index is -0.825. The van der Waals surface area contributed by atoms with Gasteiger partial charge in [-0.2, -0.15) is 0 Å². The molecular weight excluding hydrogens is 452 g/mol. The van der Waals surface area contributed by atoms with Crippen molar-refractivity contribution < 1.29 is 30.1 Å². The van der Waals surface area contributed by atoms with Crippen LogP contribution in [0.2, 0.25) is 0 Å². The van der Waals surface area contributed by atoms with Crippen molar-refractivity contribution >= 4 is 38.6 Å². The van der Waals surface area contributed by atoms with Crippen molar-refractivity contribution in [2.75, 3.05) is 18.5 Å². The molecule has 0 saturated carbocycles. The molecule has 35 heavy (non-hydrogen) atoms. The summed E-state index contributed by atoms with van der Waals surface area (Å²) in [4.78, 5) is 10.8. The number of nitro groups is 1. The summed E-state index contributed by atoms with van der Waals surface area (Å²) in [7, 11) is 0. The van der Waals surface area contributed by atoms with Crippen molar-refractivity contribution in [1.82, 2.24) is 0 Å². The van der Waals surface area contributed by atoms with E-state index in [1.165, 1.54) is 12.1 Å². The molecule has 0 radical (unpaired) electrons. The number of benzene rings is 4. The van der Waals surface area contributed by atoms with Gasteiger partial charge in [0.05, 0.1) is 22.6 Å². The number of nitrogens with one attached hydrogen (secondary N) is 1. The van der Waals surface area contributed by atoms with E-state index in [1.807, 2.05) is 24.3 Å². The van der Waals surface area contributed by atoms with E-state index in [9.17, 15) is 30.5 Å². The number of ether oxygens (including phenoxy) is 1. The maximum atomic E-state index is 13.2. The van der Waals surface area contributed by atoms with E-state index in [4.69, 9.17) is 4.74 Å². The fourth-order valence-corrected chi connectivity index (χ4v) is 4.07. The van der Waals surface area contributed by atoms with Crippen LogP contribution in [-0.2, 0) is 11.2 Å². The van der Waals surface area contributed by atoms with E-state index in [0.717, 1.165) is 43.6 Å². The van der Waals surface area contributed by atoms with Gasteiger partial charge in [0.2, 0.25) is 0 Å². The average Bonchev–Trinajstić information content (AvgIpc) is 2.84. The fraction of sp³-hybridized carbons (Fsp3) is 0.231. The first kappa shape index (κ1) is 23.9. The number of fused-ring (bicyclic) bond motifs is 2. The van der Waals surface area contributed by atoms with Gasteiger partial charge >= 0.3 is 0 Å². The zero-order valence-electron chi connectivity index (χ0n) is 19.1. The Morgan fingerprint density at radius 1 is 0.886 bits per heavy atom. The number of nitro benzene ring substituents is 1. The number of unbranched alkanes of at least 4 members (excludes halogenated alkanes) is 1. The quantitative estimate of drug-likeness (QED) is 0.0846. The van der Waals surface area contributed by atoms with Gasteiger partial charge in [-0.15, -0.1) is 0 Å². The predicted molar refractivity (Wildman–Crippen MR) is 132 cm³/mol. The largest absolute Gasteiger partial charge is 0.871 e. The molecule has 9 nitrogen and oxygen atoms in total. The molecule has 0 saturated heterocycles. The van der Waals surface area contributed by atoms with Crippen LogP contribution in [0.5, 0.6) is 23.0 Å². The number of phenols is 3. The Hall–Kier alpha value is -4.24. The summed E-state index contributed by atoms with van der Waals surface area (Å²) in [5, 5.41) is 58.4. The molecule has 4 aromatic carbocycles. The highest BCUT2D eigenvalue weighted by Crippen LogP contribution is 2.52. The third-order valence-electron chi connectivity index (χ3n) is 5.88. The minimum Gasteiger partial charge on any atom is -0.871 e. The van der Waals surface area contributed by atoms with Crippen molar-refractivity contribution in [3.05, 3.63) is 64.2 Å². The summed E-state index contributed by atoms with van der Waals surface area (Å²) in [6.45, 7) is 3.46. The van der Waals surface area contributed by atoms with Gasteiger partial charge in [-0.1, -0.05) is 31.2 Å². The van der Waals surface area contributed by atoms with Crippen LogP contribution in [0.3, 0.4) is 0 Å². The highest BCUT2D eigenvalue weighted by atomic mass is 16.6. The lowest BCUT2D eigenvalue weighted by Gasteiger charge is -2.21. The minimum absolute atomic E-state index is 0.0791. The molecule has 0 aliphatic carbocycles. The summed E-state index contributed by atoms with van der Waals surface area (Å²) < 4.78 is 5.60. The Bertz CT molecular complexity index is 1400. The number of hydrogen-bond donors (Lipinski definition) is 4. The Morgan fingerprint density at radius 2 is 1.54 bits per heavy atom. The number of non-ortho nitro benzene ring substituents is 1. The molecule has 0 fully saturated rings. The van der Waals surface area contributed by atoms with Crippen LogP contribution >= 0.6 is 0 Å². The SMILES string of the molecule is CCCCOCCc1ccc(Nc2ccc(O)c3c([O-])c4c(O)ccc([N+](=O)[O-])c4c(O)c23)cc1. The summed E-state index contributed by atoms with van der Waals surface area (Å²) in [5.41, 5.74) is 1.45. The normalized spacial score (nSPS) is 11.2. The second-order valence-corrected chi connectivity index (χ2v) is 8.21. The number of phenolic OH excluding ortho intramolecular Hbond substituents is 3. The van der Waals surface area contributed by atoms with Crippen molar-refractivity contribution in [1.29, 1.82) is 0 Å². The van der Waals surface area contributed by atoms with Gasteiger partial charge in [-0.05, 0) is 48.7 Å². The number of hydrogen-bond acceptors (Lipinski definition) is 8. The van der Waals surface area contributed by atoms with Gasteiger partial charge in [0.1, 0.15) is 22.6 Å². The first-order valence-corrected chi connectivity index (χ1v) is 11.2. The van der Waals surface area contributed by atoms with Crippen molar-refractivity contribution in [3.63, 3.8) is 0 Å². The summed E-state index contributed by atoms with van der Waals surface area (Å²) in [6, 6.07) is 12.3. The van der Waals surface area contributed by atoms with Gasteiger partial charge in [0, 0.05) is 29.1 Å². The van der Waals surface area contributed by atoms with E-state index in [0.29, 0.717) is 12.3 Å². The molecule has 0 spiro atoms. The summed E-state index contributed by atoms with van der Waals surface area (Å²) in [6.07, 6.45) is 2.87. The highest BCUT2D eigenvalue weighted by molar-refractivity contribution is 6.20. The maximum absolute atomic E-state index is 13.2. The molecular formula is C26H25N2O7-. The molecule has 182 valence electrons. The van der Waals surface area contributed by atoms with Crippen LogP contribution in [0.4, 0.5) is 17.1 Å². The Morgan fingerprint density at radius 3 is 2.20 bits per heavy atom. The summed E-state index contributed by atoms with van der Waals surface area (Å²) in [5.74, 6) is -2.36. The number of rotatable bonds is 9. The second kappa shape index (κ2) is 9.94. The zero-order valence-corrected chi connectivity index (χ0v) is 19.1. The van der Waals surface area contributed by atoms with Gasteiger partial charge < -0.3 is 30.5 Å². The molecule has 0 aliphatic rings. The molecule has 0 heterocycles. The number of anilines is 2. The third-order valence-corrected chi connectivity index (χ3v) is 5.88. The van der Waals surface area contributed by atoms with E-state index < -0.39 is 39.0 Å². The lowest BCUT2D eigenvalue weighted by atomic mass is 9.96. The Balaban J connectivity index is 1.75. The first-order valence-electron chi connectivity index (χ1n) is 11.2. The standard InChI is InChI=1S/C26H26N2O7/c1-2-3-13-35-14-12-15-4-6-16(7-5-15)27-17-8-10-19(29)23-21(17)25(31)22-18(28(33)34)9-11-20(30)24(22)26(23)32/h4-11,27,29-32H,2-3,12-14H2,1H3/p-1. The molecule has 0 unspecified atom stereocenters. The lowest BCUT2D eigenvalue weighted by molar-refractivity contribution is -0.383. The average molecular weight is 477 g/mol. The van der Waals surface area contributed by atoms with Crippen LogP contribution in [0.15, 0.2) is 48.5 Å². The van der Waals surface area contributed by atoms with Crippen molar-refractivity contribution in [2.24, 2.45) is 0 Å². The van der Waals surface area contributed by atoms with E-state index >= 15 is 0 Å². The Kier molecular flexibility index (Phi) is 6.79. The molecule has 4 aromatic rings. The third kappa shape index (κ3) is 4.58. The predicted octanol–water partition coefficient (Wildman–Crippen LogP) is 5.19. The molecule has 0 amide bonds. The van der Waals surface area contributed by atoms with Crippen LogP contribution in [0.1, 0.15) is 25.3 Å². The Labute approximate surface area is 201 Å². The fourth-order valence-electron chi connectivity index (χ4n) is 4.07. The lowest BCUT2D eigenvalue weighted by Crippen LogP contribution is -2.01. The van der Waals surface area contributed by atoms with Crippen molar-refractivity contribution in [2.45, 2.75) is 26.2 Å². The molecule has 9 heteroatoms. The number of nitrogens with zero attached hydrogens (tertiary/aromatic N) is 1. The monoisotopic (exact) mass is 477 g/mol. The molecule has 0 aliphatic heterocycles. The molecule has 0 atom stereocenters. The van der Waals surface area contributed by atoms with Gasteiger partial charge in [0.25, 0.3) is 5.69 Å². The van der Waals surface area contributed by atoms with E-state index in [-0.39, 0.29) is 21.8 Å². The smallest absolute Gasteiger partial charge is 0.281 e. The first-order chi connectivity index (χ1) is 16.8. The maximum Gasteiger partial charge on any atom is 0.281 e. The van der Waals surface area contributed by atoms with Gasteiger partial charge in [-0.25, -0.2) is 0 Å². The molecule has 4 rings (SSSR count). The van der Waals surface area contributed by atoms with Gasteiger partial charge in [0.15, 0.2) is 0 Å². The van der Waals surface area contributed by atoms with Crippen LogP contribution < -0.4 is 10.4 Å². The van der Waals surface area contributed by atoms with Gasteiger partial charge in [-0.3, -0.25) is 10.1 Å². The molecule has 4 N–H and O–H groups in total. The van der Waals surface area contributed by atoms with E-state index in [1.54, 1.807) is 0 Å². The van der Waals surface area contributed by atoms with Crippen LogP contribution in [-0.4, -0.2) is 33.5 Å². The van der Waals surface area contributed by atoms with Crippen LogP contribution in [0.25, 0.3) is 21.5 Å².